The van der Waals surface area contributed by atoms with Gasteiger partial charge in [-0.25, -0.2) is 0 Å². The van der Waals surface area contributed by atoms with Gasteiger partial charge in [0.25, 0.3) is 0 Å². The second-order valence-electron chi connectivity index (χ2n) is 11.6. The number of hydrogen-bond acceptors (Lipinski definition) is 2. The Morgan fingerprint density at radius 3 is 2.03 bits per heavy atom. The van der Waals surface area contributed by atoms with Crippen LogP contribution < -0.4 is 4.90 Å². The Labute approximate surface area is 215 Å². The lowest BCUT2D eigenvalue weighted by Gasteiger charge is -2.40. The molecular formula is C34H34N2. The van der Waals surface area contributed by atoms with E-state index in [1.807, 2.05) is 6.07 Å². The molecule has 0 bridgehead atoms. The van der Waals surface area contributed by atoms with Crippen molar-refractivity contribution < 1.29 is 0 Å². The summed E-state index contributed by atoms with van der Waals surface area (Å²) in [5.41, 5.74) is 12.9. The molecule has 0 aliphatic heterocycles. The van der Waals surface area contributed by atoms with E-state index in [0.29, 0.717) is 0 Å². The lowest BCUT2D eigenvalue weighted by Crippen LogP contribution is -2.38. The Morgan fingerprint density at radius 2 is 1.36 bits per heavy atom. The normalized spacial score (nSPS) is 13.6. The molecule has 4 aromatic carbocycles. The van der Waals surface area contributed by atoms with Crippen molar-refractivity contribution in [3.8, 4) is 28.3 Å². The zero-order valence-electron chi connectivity index (χ0n) is 22.4. The molecule has 0 amide bonds. The van der Waals surface area contributed by atoms with Crippen LogP contribution in [0.4, 0.5) is 11.4 Å². The quantitative estimate of drug-likeness (QED) is 0.298. The van der Waals surface area contributed by atoms with Gasteiger partial charge < -0.3 is 4.90 Å². The largest absolute Gasteiger partial charge is 0.336 e. The van der Waals surface area contributed by atoms with Gasteiger partial charge in [-0.2, -0.15) is 5.26 Å². The summed E-state index contributed by atoms with van der Waals surface area (Å²) in [5, 5.41) is 9.51. The van der Waals surface area contributed by atoms with Crippen LogP contribution in [0.1, 0.15) is 62.4 Å². The first-order valence-electron chi connectivity index (χ1n) is 12.7. The van der Waals surface area contributed by atoms with E-state index in [1.54, 1.807) is 0 Å². The van der Waals surface area contributed by atoms with E-state index in [0.717, 1.165) is 5.56 Å². The van der Waals surface area contributed by atoms with Crippen LogP contribution in [0.2, 0.25) is 0 Å². The van der Waals surface area contributed by atoms with Gasteiger partial charge in [0.05, 0.1) is 11.6 Å². The second kappa shape index (κ2) is 8.38. The Hall–Kier alpha value is -3.83. The first-order chi connectivity index (χ1) is 17.0. The van der Waals surface area contributed by atoms with Crippen molar-refractivity contribution in [1.82, 2.24) is 0 Å². The Morgan fingerprint density at radius 1 is 0.694 bits per heavy atom. The summed E-state index contributed by atoms with van der Waals surface area (Å²) >= 11 is 0. The molecule has 0 heterocycles. The molecule has 1 aliphatic rings. The topological polar surface area (TPSA) is 27.0 Å². The number of nitriles is 1. The third-order valence-corrected chi connectivity index (χ3v) is 7.59. The van der Waals surface area contributed by atoms with E-state index >= 15 is 0 Å². The fraction of sp³-hybridized carbons (Fsp3) is 0.265. The summed E-state index contributed by atoms with van der Waals surface area (Å²) in [6.45, 7) is 15.8. The Kier molecular flexibility index (Phi) is 5.56. The lowest BCUT2D eigenvalue weighted by molar-refractivity contribution is 0.557. The van der Waals surface area contributed by atoms with Crippen LogP contribution in [0.3, 0.4) is 0 Å². The second-order valence-corrected chi connectivity index (χ2v) is 11.6. The van der Waals surface area contributed by atoms with Gasteiger partial charge in [0, 0.05) is 22.3 Å². The first-order valence-corrected chi connectivity index (χ1v) is 12.7. The van der Waals surface area contributed by atoms with E-state index in [2.05, 4.69) is 132 Å². The van der Waals surface area contributed by atoms with Crippen molar-refractivity contribution in [2.75, 3.05) is 4.90 Å². The van der Waals surface area contributed by atoms with Crippen LogP contribution in [-0.2, 0) is 5.41 Å². The molecule has 0 atom stereocenters. The molecule has 4 aromatic rings. The average Bonchev–Trinajstić information content (AvgIpc) is 3.06. The molecule has 0 radical (unpaired) electrons. The van der Waals surface area contributed by atoms with Gasteiger partial charge in [-0.05, 0) is 109 Å². The maximum atomic E-state index is 9.51. The standard InChI is InChI=1S/C34H34N2/c1-22-13-15-26(25-11-9-8-10-12-25)19-31(22)36(33(3,4)5)32-20-30-28(17-23(32)2)27-16-14-24(21-35)18-29(27)34(30,6)7/h8-20H,1-7H3. The van der Waals surface area contributed by atoms with Crippen LogP contribution in [0.15, 0.2) is 78.9 Å². The van der Waals surface area contributed by atoms with E-state index in [1.165, 1.54) is 55.9 Å². The van der Waals surface area contributed by atoms with Gasteiger partial charge in [-0.1, -0.05) is 62.4 Å². The predicted molar refractivity (Wildman–Crippen MR) is 152 cm³/mol. The SMILES string of the molecule is Cc1ccc(-c2ccccc2)cc1N(c1cc2c(cc1C)-c1ccc(C#N)cc1C2(C)C)C(C)(C)C. The Balaban J connectivity index is 1.71. The molecule has 36 heavy (non-hydrogen) atoms. The van der Waals surface area contributed by atoms with E-state index < -0.39 is 0 Å². The van der Waals surface area contributed by atoms with Crippen LogP contribution in [0.25, 0.3) is 22.3 Å². The summed E-state index contributed by atoms with van der Waals surface area (Å²) < 4.78 is 0. The molecule has 0 spiro atoms. The molecule has 2 nitrogen and oxygen atoms in total. The molecule has 0 saturated heterocycles. The third kappa shape index (κ3) is 3.80. The molecule has 5 rings (SSSR count). The molecule has 0 aromatic heterocycles. The zero-order chi connectivity index (χ0) is 25.8. The summed E-state index contributed by atoms with van der Waals surface area (Å²) in [4.78, 5) is 2.50. The first kappa shape index (κ1) is 23.9. The average molecular weight is 471 g/mol. The van der Waals surface area contributed by atoms with Crippen molar-refractivity contribution in [3.63, 3.8) is 0 Å². The fourth-order valence-corrected chi connectivity index (χ4v) is 5.70. The third-order valence-electron chi connectivity index (χ3n) is 7.59. The van der Waals surface area contributed by atoms with Gasteiger partial charge in [0.15, 0.2) is 0 Å². The minimum absolute atomic E-state index is 0.136. The van der Waals surface area contributed by atoms with Crippen molar-refractivity contribution in [2.45, 2.75) is 59.4 Å². The number of fused-ring (bicyclic) bond motifs is 3. The highest BCUT2D eigenvalue weighted by molar-refractivity contribution is 5.86. The maximum absolute atomic E-state index is 9.51. The van der Waals surface area contributed by atoms with E-state index in [-0.39, 0.29) is 11.0 Å². The van der Waals surface area contributed by atoms with Crippen molar-refractivity contribution >= 4 is 11.4 Å². The lowest BCUT2D eigenvalue weighted by atomic mass is 9.81. The minimum Gasteiger partial charge on any atom is -0.336 e. The molecular weight excluding hydrogens is 436 g/mol. The molecule has 0 fully saturated rings. The van der Waals surface area contributed by atoms with Crippen molar-refractivity contribution in [3.05, 3.63) is 107 Å². The van der Waals surface area contributed by atoms with Crippen LogP contribution >= 0.6 is 0 Å². The van der Waals surface area contributed by atoms with Crippen molar-refractivity contribution in [1.29, 1.82) is 5.26 Å². The van der Waals surface area contributed by atoms with Crippen LogP contribution in [0, 0.1) is 25.2 Å². The molecule has 0 saturated carbocycles. The van der Waals surface area contributed by atoms with Crippen molar-refractivity contribution in [2.24, 2.45) is 0 Å². The zero-order valence-corrected chi connectivity index (χ0v) is 22.4. The fourth-order valence-electron chi connectivity index (χ4n) is 5.70. The molecule has 0 unspecified atom stereocenters. The van der Waals surface area contributed by atoms with Crippen LogP contribution in [-0.4, -0.2) is 5.54 Å². The highest BCUT2D eigenvalue weighted by Gasteiger charge is 2.37. The number of rotatable bonds is 3. The smallest absolute Gasteiger partial charge is 0.0991 e. The number of anilines is 2. The molecule has 0 N–H and O–H groups in total. The van der Waals surface area contributed by atoms with Gasteiger partial charge >= 0.3 is 0 Å². The Bertz CT molecular complexity index is 1510. The summed E-state index contributed by atoms with van der Waals surface area (Å²) in [7, 11) is 0. The highest BCUT2D eigenvalue weighted by atomic mass is 15.2. The monoisotopic (exact) mass is 470 g/mol. The van der Waals surface area contributed by atoms with Crippen LogP contribution in [0.5, 0.6) is 0 Å². The summed E-state index contributed by atoms with van der Waals surface area (Å²) in [5.74, 6) is 0. The van der Waals surface area contributed by atoms with Gasteiger partial charge in [0.1, 0.15) is 0 Å². The van der Waals surface area contributed by atoms with Gasteiger partial charge in [-0.15, -0.1) is 0 Å². The minimum atomic E-state index is -0.176. The maximum Gasteiger partial charge on any atom is 0.0991 e. The van der Waals surface area contributed by atoms with Gasteiger partial charge in [-0.3, -0.25) is 0 Å². The molecule has 1 aliphatic carbocycles. The van der Waals surface area contributed by atoms with Gasteiger partial charge in [0.2, 0.25) is 0 Å². The predicted octanol–water partition coefficient (Wildman–Crippen LogP) is 9.09. The molecule has 180 valence electrons. The van der Waals surface area contributed by atoms with E-state index in [9.17, 15) is 5.26 Å². The molecule has 2 heteroatoms. The summed E-state index contributed by atoms with van der Waals surface area (Å²) in [6, 6.07) is 30.6. The summed E-state index contributed by atoms with van der Waals surface area (Å²) in [6.07, 6.45) is 0. The number of aryl methyl sites for hydroxylation is 2. The highest BCUT2D eigenvalue weighted by Crippen LogP contribution is 2.52. The number of hydrogen-bond donors (Lipinski definition) is 0. The van der Waals surface area contributed by atoms with E-state index in [4.69, 9.17) is 0 Å². The number of benzene rings is 4. The number of nitrogens with zero attached hydrogens (tertiary/aromatic N) is 2.